The zero-order valence-electron chi connectivity index (χ0n) is 19.7. The number of pyridine rings is 1. The fourth-order valence-corrected chi connectivity index (χ4v) is 4.66. The molecule has 7 heteroatoms. The highest BCUT2D eigenvalue weighted by Crippen LogP contribution is 2.36. The zero-order chi connectivity index (χ0) is 24.2. The second-order valence-corrected chi connectivity index (χ2v) is 8.73. The van der Waals surface area contributed by atoms with Crippen LogP contribution in [0.1, 0.15) is 30.4 Å². The van der Waals surface area contributed by atoms with Crippen molar-refractivity contribution in [3.63, 3.8) is 0 Å². The monoisotopic (exact) mass is 468 g/mol. The van der Waals surface area contributed by atoms with E-state index in [0.29, 0.717) is 16.9 Å². The van der Waals surface area contributed by atoms with Crippen molar-refractivity contribution in [3.05, 3.63) is 89.9 Å². The molecule has 2 aromatic carbocycles. The van der Waals surface area contributed by atoms with Gasteiger partial charge in [-0.15, -0.1) is 0 Å². The number of benzene rings is 2. The summed E-state index contributed by atoms with van der Waals surface area (Å²) >= 11 is 0. The van der Waals surface area contributed by atoms with Crippen LogP contribution in [0.25, 0.3) is 5.57 Å². The first-order valence-electron chi connectivity index (χ1n) is 11.9. The minimum Gasteiger partial charge on any atom is -0.496 e. The van der Waals surface area contributed by atoms with E-state index < -0.39 is 0 Å². The Balaban J connectivity index is 1.48. The molecule has 0 atom stereocenters. The number of aromatic nitrogens is 1. The zero-order valence-corrected chi connectivity index (χ0v) is 19.7. The molecule has 1 fully saturated rings. The first kappa shape index (κ1) is 22.7. The summed E-state index contributed by atoms with van der Waals surface area (Å²) in [6.07, 6.45) is 7.02. The molecule has 0 bridgehead atoms. The lowest BCUT2D eigenvalue weighted by Crippen LogP contribution is -2.32. The third kappa shape index (κ3) is 4.62. The van der Waals surface area contributed by atoms with Crippen LogP contribution in [0.4, 0.5) is 11.4 Å². The Morgan fingerprint density at radius 3 is 2.40 bits per heavy atom. The lowest BCUT2D eigenvalue weighted by Gasteiger charge is -2.28. The third-order valence-corrected chi connectivity index (χ3v) is 6.47. The van der Waals surface area contributed by atoms with Gasteiger partial charge in [0.15, 0.2) is 0 Å². The number of imide groups is 1. The number of carbonyl (C=O) groups is 2. The number of nitrogens with zero attached hydrogens (tertiary/aromatic N) is 3. The van der Waals surface area contributed by atoms with Gasteiger partial charge in [-0.2, -0.15) is 0 Å². The van der Waals surface area contributed by atoms with E-state index in [-0.39, 0.29) is 24.1 Å². The van der Waals surface area contributed by atoms with Gasteiger partial charge in [-0.3, -0.25) is 19.5 Å². The molecule has 1 aromatic heterocycles. The molecule has 0 aliphatic carbocycles. The number of anilines is 2. The Kier molecular flexibility index (Phi) is 6.48. The number of carbonyl (C=O) groups excluding carboxylic acids is 2. The Bertz CT molecular complexity index is 1250. The molecule has 0 unspecified atom stereocenters. The SMILES string of the molecule is COc1ccccc1C1=C(Nc2ccc(N3CCCCC3)cc2)C(=O)N(Cc2cccnc2)C1=O. The minimum atomic E-state index is -0.375. The summed E-state index contributed by atoms with van der Waals surface area (Å²) in [7, 11) is 1.56. The smallest absolute Gasteiger partial charge is 0.278 e. The largest absolute Gasteiger partial charge is 0.496 e. The number of hydrogen-bond acceptors (Lipinski definition) is 6. The van der Waals surface area contributed by atoms with Crippen molar-refractivity contribution >= 4 is 28.8 Å². The van der Waals surface area contributed by atoms with Crippen molar-refractivity contribution in [1.29, 1.82) is 0 Å². The van der Waals surface area contributed by atoms with Crippen LogP contribution in [0.2, 0.25) is 0 Å². The molecule has 0 saturated carbocycles. The number of nitrogens with one attached hydrogen (secondary N) is 1. The van der Waals surface area contributed by atoms with Crippen molar-refractivity contribution in [2.24, 2.45) is 0 Å². The Morgan fingerprint density at radius 1 is 0.914 bits per heavy atom. The third-order valence-electron chi connectivity index (χ3n) is 6.47. The highest BCUT2D eigenvalue weighted by atomic mass is 16.5. The van der Waals surface area contributed by atoms with Gasteiger partial charge in [0.05, 0.1) is 19.2 Å². The second-order valence-electron chi connectivity index (χ2n) is 8.73. The van der Waals surface area contributed by atoms with Crippen LogP contribution in [0, 0.1) is 0 Å². The molecule has 0 spiro atoms. The number of ether oxygens (including phenoxy) is 1. The number of rotatable bonds is 7. The van der Waals surface area contributed by atoms with E-state index in [1.54, 1.807) is 37.7 Å². The second kappa shape index (κ2) is 10.0. The van der Waals surface area contributed by atoms with Crippen LogP contribution < -0.4 is 15.0 Å². The van der Waals surface area contributed by atoms with E-state index in [0.717, 1.165) is 24.3 Å². The lowest BCUT2D eigenvalue weighted by atomic mass is 10.0. The fourth-order valence-electron chi connectivity index (χ4n) is 4.66. The standard InChI is InChI=1S/C28H28N4O3/c1-35-24-10-4-3-9-23(24)25-26(28(34)32(27(25)33)19-20-8-7-15-29-18-20)30-21-11-13-22(14-12-21)31-16-5-2-6-17-31/h3-4,7-15,18,30H,2,5-6,16-17,19H2,1H3. The van der Waals surface area contributed by atoms with Crippen molar-refractivity contribution in [3.8, 4) is 5.75 Å². The maximum Gasteiger partial charge on any atom is 0.278 e. The highest BCUT2D eigenvalue weighted by molar-refractivity contribution is 6.36. The topological polar surface area (TPSA) is 74.8 Å². The lowest BCUT2D eigenvalue weighted by molar-refractivity contribution is -0.137. The van der Waals surface area contributed by atoms with Crippen LogP contribution in [-0.2, 0) is 16.1 Å². The van der Waals surface area contributed by atoms with E-state index in [2.05, 4.69) is 27.3 Å². The number of para-hydroxylation sites is 1. The van der Waals surface area contributed by atoms with Gasteiger partial charge in [0.1, 0.15) is 11.4 Å². The summed E-state index contributed by atoms with van der Waals surface area (Å²) in [4.78, 5) is 34.9. The van der Waals surface area contributed by atoms with Gasteiger partial charge in [0.25, 0.3) is 11.8 Å². The summed E-state index contributed by atoms with van der Waals surface area (Å²) in [6.45, 7) is 2.27. The number of piperidine rings is 1. The molecule has 0 radical (unpaired) electrons. The molecule has 3 aromatic rings. The van der Waals surface area contributed by atoms with Crippen LogP contribution in [0.15, 0.2) is 78.8 Å². The van der Waals surface area contributed by atoms with E-state index in [1.807, 2.05) is 30.3 Å². The Hall–Kier alpha value is -4.13. The summed E-state index contributed by atoms with van der Waals surface area (Å²) in [6, 6.07) is 18.9. The molecule has 2 amide bonds. The van der Waals surface area contributed by atoms with E-state index >= 15 is 0 Å². The van der Waals surface area contributed by atoms with Gasteiger partial charge >= 0.3 is 0 Å². The average Bonchev–Trinajstić information content (AvgIpc) is 3.14. The molecule has 5 rings (SSSR count). The van der Waals surface area contributed by atoms with Crippen molar-refractivity contribution in [1.82, 2.24) is 9.88 Å². The molecular formula is C28H28N4O3. The van der Waals surface area contributed by atoms with Gasteiger partial charge in [0.2, 0.25) is 0 Å². The van der Waals surface area contributed by atoms with E-state index in [4.69, 9.17) is 4.74 Å². The Morgan fingerprint density at radius 2 is 1.69 bits per heavy atom. The molecular weight excluding hydrogens is 440 g/mol. The van der Waals surface area contributed by atoms with Crippen LogP contribution in [0.5, 0.6) is 5.75 Å². The molecule has 2 aliphatic rings. The van der Waals surface area contributed by atoms with Crippen molar-refractivity contribution in [2.75, 3.05) is 30.4 Å². The summed E-state index contributed by atoms with van der Waals surface area (Å²) in [5.41, 5.74) is 3.82. The van der Waals surface area contributed by atoms with Gasteiger partial charge in [-0.05, 0) is 61.2 Å². The van der Waals surface area contributed by atoms with Gasteiger partial charge < -0.3 is 15.0 Å². The molecule has 3 heterocycles. The normalized spacial score (nSPS) is 16.1. The fraction of sp³-hybridized carbons (Fsp3) is 0.250. The number of amides is 2. The molecule has 35 heavy (non-hydrogen) atoms. The number of methoxy groups -OCH3 is 1. The summed E-state index contributed by atoms with van der Waals surface area (Å²) < 4.78 is 5.52. The molecule has 1 saturated heterocycles. The van der Waals surface area contributed by atoms with E-state index in [9.17, 15) is 9.59 Å². The summed E-state index contributed by atoms with van der Waals surface area (Å²) in [5, 5.41) is 3.24. The quantitative estimate of drug-likeness (QED) is 0.516. The van der Waals surface area contributed by atoms with E-state index in [1.165, 1.54) is 29.8 Å². The first-order chi connectivity index (χ1) is 17.2. The molecule has 2 aliphatic heterocycles. The first-order valence-corrected chi connectivity index (χ1v) is 11.9. The molecule has 1 N–H and O–H groups in total. The van der Waals surface area contributed by atoms with Crippen molar-refractivity contribution < 1.29 is 14.3 Å². The van der Waals surface area contributed by atoms with Crippen molar-refractivity contribution in [2.45, 2.75) is 25.8 Å². The summed E-state index contributed by atoms with van der Waals surface area (Å²) in [5.74, 6) is -0.206. The maximum atomic E-state index is 13.6. The Labute approximate surface area is 205 Å². The van der Waals surface area contributed by atoms with Gasteiger partial charge in [0, 0.05) is 42.4 Å². The highest BCUT2D eigenvalue weighted by Gasteiger charge is 2.40. The predicted octanol–water partition coefficient (Wildman–Crippen LogP) is 4.47. The molecule has 7 nitrogen and oxygen atoms in total. The van der Waals surface area contributed by atoms with Crippen LogP contribution in [-0.4, -0.2) is 41.9 Å². The van der Waals surface area contributed by atoms with Crippen LogP contribution >= 0.6 is 0 Å². The minimum absolute atomic E-state index is 0.142. The average molecular weight is 469 g/mol. The van der Waals surface area contributed by atoms with Crippen LogP contribution in [0.3, 0.4) is 0 Å². The molecule has 178 valence electrons. The maximum absolute atomic E-state index is 13.6. The predicted molar refractivity (Wildman–Crippen MR) is 136 cm³/mol. The number of hydrogen-bond donors (Lipinski definition) is 1. The van der Waals surface area contributed by atoms with Gasteiger partial charge in [-0.1, -0.05) is 24.3 Å². The van der Waals surface area contributed by atoms with Gasteiger partial charge in [-0.25, -0.2) is 0 Å².